The van der Waals surface area contributed by atoms with Gasteiger partial charge in [-0.25, -0.2) is 13.1 Å². The highest BCUT2D eigenvalue weighted by molar-refractivity contribution is 7.89. The third-order valence-electron chi connectivity index (χ3n) is 3.04. The van der Waals surface area contributed by atoms with Crippen molar-refractivity contribution in [1.82, 2.24) is 9.62 Å². The molecule has 0 bridgehead atoms. The van der Waals surface area contributed by atoms with Crippen molar-refractivity contribution in [3.8, 4) is 5.75 Å². The standard InChI is InChI=1S/C13H19N3O4S/c1-9-13(17)15-11-8-10(4-5-12(11)20-9)21(18,19)14-6-7-16(2)3/h4-5,8-9,14H,6-7H2,1-3H3,(H,15,17). The summed E-state index contributed by atoms with van der Waals surface area (Å²) >= 11 is 0. The molecule has 2 rings (SSSR count). The molecule has 1 amide bonds. The fourth-order valence-electron chi connectivity index (χ4n) is 1.84. The van der Waals surface area contributed by atoms with Gasteiger partial charge in [0.15, 0.2) is 6.10 Å². The smallest absolute Gasteiger partial charge is 0.265 e. The molecule has 1 aromatic carbocycles. The number of likely N-dealkylation sites (N-methyl/N-ethyl adjacent to an activating group) is 1. The average molecular weight is 313 g/mol. The number of nitrogens with one attached hydrogen (secondary N) is 2. The quantitative estimate of drug-likeness (QED) is 0.813. The number of hydrogen-bond acceptors (Lipinski definition) is 5. The molecule has 21 heavy (non-hydrogen) atoms. The lowest BCUT2D eigenvalue weighted by Crippen LogP contribution is -2.35. The van der Waals surface area contributed by atoms with E-state index in [2.05, 4.69) is 10.0 Å². The number of sulfonamides is 1. The van der Waals surface area contributed by atoms with Gasteiger partial charge < -0.3 is 15.0 Å². The van der Waals surface area contributed by atoms with E-state index in [0.717, 1.165) is 0 Å². The van der Waals surface area contributed by atoms with Gasteiger partial charge in [0.25, 0.3) is 5.91 Å². The van der Waals surface area contributed by atoms with Crippen LogP contribution in [0.1, 0.15) is 6.92 Å². The molecule has 1 aliphatic heterocycles. The highest BCUT2D eigenvalue weighted by atomic mass is 32.2. The molecular formula is C13H19N3O4S. The van der Waals surface area contributed by atoms with Crippen molar-refractivity contribution in [3.63, 3.8) is 0 Å². The first-order valence-corrected chi connectivity index (χ1v) is 8.04. The van der Waals surface area contributed by atoms with E-state index in [1.807, 2.05) is 19.0 Å². The SMILES string of the molecule is CC1Oc2ccc(S(=O)(=O)NCCN(C)C)cc2NC1=O. The lowest BCUT2D eigenvalue weighted by molar-refractivity contribution is -0.122. The molecule has 0 aliphatic carbocycles. The number of ether oxygens (including phenoxy) is 1. The van der Waals surface area contributed by atoms with Crippen molar-refractivity contribution < 1.29 is 17.9 Å². The minimum atomic E-state index is -3.60. The Bertz CT molecular complexity index is 643. The van der Waals surface area contributed by atoms with Crippen LogP contribution < -0.4 is 14.8 Å². The summed E-state index contributed by atoms with van der Waals surface area (Å²) in [6.07, 6.45) is -0.585. The maximum atomic E-state index is 12.2. The van der Waals surface area contributed by atoms with E-state index in [-0.39, 0.29) is 10.8 Å². The minimum Gasteiger partial charge on any atom is -0.479 e. The van der Waals surface area contributed by atoms with Crippen molar-refractivity contribution >= 4 is 21.6 Å². The maximum Gasteiger partial charge on any atom is 0.265 e. The predicted molar refractivity (Wildman–Crippen MR) is 78.9 cm³/mol. The van der Waals surface area contributed by atoms with Gasteiger partial charge in [-0.05, 0) is 39.2 Å². The molecular weight excluding hydrogens is 294 g/mol. The Balaban J connectivity index is 2.18. The topological polar surface area (TPSA) is 87.7 Å². The molecule has 1 atom stereocenters. The number of anilines is 1. The van der Waals surface area contributed by atoms with Crippen LogP contribution in [0.2, 0.25) is 0 Å². The molecule has 0 aromatic heterocycles. The van der Waals surface area contributed by atoms with E-state index in [1.165, 1.54) is 12.1 Å². The highest BCUT2D eigenvalue weighted by Crippen LogP contribution is 2.31. The number of carbonyl (C=O) groups is 1. The zero-order valence-electron chi connectivity index (χ0n) is 12.2. The summed E-state index contributed by atoms with van der Waals surface area (Å²) in [6.45, 7) is 2.54. The van der Waals surface area contributed by atoms with Crippen LogP contribution >= 0.6 is 0 Å². The summed E-state index contributed by atoms with van der Waals surface area (Å²) in [6, 6.07) is 4.41. The van der Waals surface area contributed by atoms with E-state index in [0.29, 0.717) is 24.5 Å². The molecule has 1 unspecified atom stereocenters. The van der Waals surface area contributed by atoms with Crippen LogP contribution in [0.4, 0.5) is 5.69 Å². The Kier molecular flexibility index (Phi) is 4.50. The second-order valence-corrected chi connectivity index (χ2v) is 6.88. The average Bonchev–Trinajstić information content (AvgIpc) is 2.38. The van der Waals surface area contributed by atoms with Crippen molar-refractivity contribution in [2.45, 2.75) is 17.9 Å². The highest BCUT2D eigenvalue weighted by Gasteiger charge is 2.25. The van der Waals surface area contributed by atoms with E-state index in [9.17, 15) is 13.2 Å². The summed E-state index contributed by atoms with van der Waals surface area (Å²) < 4.78 is 32.2. The predicted octanol–water partition coefficient (Wildman–Crippen LogP) is 0.246. The van der Waals surface area contributed by atoms with Crippen LogP contribution in [0, 0.1) is 0 Å². The zero-order chi connectivity index (χ0) is 15.6. The number of nitrogens with zero attached hydrogens (tertiary/aromatic N) is 1. The molecule has 1 aliphatic rings. The molecule has 0 spiro atoms. The van der Waals surface area contributed by atoms with Crippen LogP contribution in [-0.2, 0) is 14.8 Å². The molecule has 7 nitrogen and oxygen atoms in total. The Labute approximate surface area is 124 Å². The molecule has 1 heterocycles. The van der Waals surface area contributed by atoms with Gasteiger partial charge in [-0.3, -0.25) is 4.79 Å². The van der Waals surface area contributed by atoms with Gasteiger partial charge in [-0.1, -0.05) is 0 Å². The van der Waals surface area contributed by atoms with Crippen LogP contribution in [-0.4, -0.2) is 52.5 Å². The number of benzene rings is 1. The molecule has 0 fully saturated rings. The third kappa shape index (κ3) is 3.72. The number of amides is 1. The lowest BCUT2D eigenvalue weighted by atomic mass is 10.2. The van der Waals surface area contributed by atoms with Crippen LogP contribution in [0.5, 0.6) is 5.75 Å². The molecule has 0 saturated heterocycles. The maximum absolute atomic E-state index is 12.2. The van der Waals surface area contributed by atoms with Crippen molar-refractivity contribution in [3.05, 3.63) is 18.2 Å². The summed E-state index contributed by atoms with van der Waals surface area (Å²) in [4.78, 5) is 13.5. The number of carbonyl (C=O) groups excluding carboxylic acids is 1. The first kappa shape index (κ1) is 15.7. The Morgan fingerprint density at radius 3 is 2.76 bits per heavy atom. The first-order valence-electron chi connectivity index (χ1n) is 6.55. The fraction of sp³-hybridized carbons (Fsp3) is 0.462. The van der Waals surface area contributed by atoms with E-state index in [4.69, 9.17) is 4.74 Å². The van der Waals surface area contributed by atoms with Gasteiger partial charge in [0.1, 0.15) is 5.75 Å². The van der Waals surface area contributed by atoms with Gasteiger partial charge in [0.05, 0.1) is 10.6 Å². The second-order valence-electron chi connectivity index (χ2n) is 5.11. The normalized spacial score (nSPS) is 18.1. The molecule has 1 aromatic rings. The van der Waals surface area contributed by atoms with E-state index in [1.54, 1.807) is 13.0 Å². The summed E-state index contributed by atoms with van der Waals surface area (Å²) in [5, 5.41) is 2.63. The van der Waals surface area contributed by atoms with Crippen molar-refractivity contribution in [2.24, 2.45) is 0 Å². The van der Waals surface area contributed by atoms with Crippen LogP contribution in [0.25, 0.3) is 0 Å². The number of rotatable bonds is 5. The molecule has 116 valence electrons. The Morgan fingerprint density at radius 2 is 2.10 bits per heavy atom. The molecule has 8 heteroatoms. The largest absolute Gasteiger partial charge is 0.479 e. The third-order valence-corrected chi connectivity index (χ3v) is 4.50. The number of hydrogen-bond donors (Lipinski definition) is 2. The van der Waals surface area contributed by atoms with Gasteiger partial charge in [-0.2, -0.15) is 0 Å². The summed E-state index contributed by atoms with van der Waals surface area (Å²) in [5.74, 6) is 0.173. The van der Waals surface area contributed by atoms with Crippen LogP contribution in [0.15, 0.2) is 23.1 Å². The van der Waals surface area contributed by atoms with Gasteiger partial charge in [-0.15, -0.1) is 0 Å². The van der Waals surface area contributed by atoms with Gasteiger partial charge in [0, 0.05) is 13.1 Å². The molecule has 2 N–H and O–H groups in total. The lowest BCUT2D eigenvalue weighted by Gasteiger charge is -2.23. The van der Waals surface area contributed by atoms with Crippen molar-refractivity contribution in [2.75, 3.05) is 32.5 Å². The van der Waals surface area contributed by atoms with Crippen LogP contribution in [0.3, 0.4) is 0 Å². The minimum absolute atomic E-state index is 0.0958. The number of fused-ring (bicyclic) bond motifs is 1. The summed E-state index contributed by atoms with van der Waals surface area (Å²) in [7, 11) is 0.121. The van der Waals surface area contributed by atoms with Gasteiger partial charge in [0.2, 0.25) is 10.0 Å². The Morgan fingerprint density at radius 1 is 1.38 bits per heavy atom. The van der Waals surface area contributed by atoms with E-state index < -0.39 is 16.1 Å². The zero-order valence-corrected chi connectivity index (χ0v) is 13.0. The Hall–Kier alpha value is -1.64. The van der Waals surface area contributed by atoms with Crippen molar-refractivity contribution in [1.29, 1.82) is 0 Å². The molecule has 0 radical (unpaired) electrons. The molecule has 0 saturated carbocycles. The summed E-state index contributed by atoms with van der Waals surface area (Å²) in [5.41, 5.74) is 0.369. The second kappa shape index (κ2) is 6.00. The first-order chi connectivity index (χ1) is 9.79. The fourth-order valence-corrected chi connectivity index (χ4v) is 2.89. The monoisotopic (exact) mass is 313 g/mol. The van der Waals surface area contributed by atoms with Gasteiger partial charge >= 0.3 is 0 Å². The van der Waals surface area contributed by atoms with E-state index >= 15 is 0 Å².